The highest BCUT2D eigenvalue weighted by molar-refractivity contribution is 7.98. The topological polar surface area (TPSA) is 58.6 Å². The van der Waals surface area contributed by atoms with Gasteiger partial charge in [0.1, 0.15) is 5.75 Å². The lowest BCUT2D eigenvalue weighted by molar-refractivity contribution is -0.118. The van der Waals surface area contributed by atoms with E-state index in [4.69, 9.17) is 4.74 Å². The Bertz CT molecular complexity index is 697. The molecule has 0 bridgehead atoms. The Labute approximate surface area is 146 Å². The number of nitrogens with one attached hydrogen (secondary N) is 1. The van der Waals surface area contributed by atoms with Crippen LogP contribution >= 0.6 is 11.8 Å². The van der Waals surface area contributed by atoms with Crippen LogP contribution in [-0.2, 0) is 4.79 Å². The van der Waals surface area contributed by atoms with Gasteiger partial charge in [-0.25, -0.2) is 0 Å². The van der Waals surface area contributed by atoms with Crippen LogP contribution in [0, 0.1) is 0 Å². The fourth-order valence-electron chi connectivity index (χ4n) is 1.97. The van der Waals surface area contributed by atoms with Gasteiger partial charge in [-0.15, -0.1) is 11.8 Å². The van der Waals surface area contributed by atoms with E-state index in [1.807, 2.05) is 30.5 Å². The maximum atomic E-state index is 11.9. The molecule has 0 spiro atoms. The third kappa shape index (κ3) is 5.03. The Hall–Kier alpha value is -2.47. The summed E-state index contributed by atoms with van der Waals surface area (Å²) in [5, 5.41) is 2.74. The zero-order chi connectivity index (χ0) is 17.5. The van der Waals surface area contributed by atoms with E-state index in [0.717, 1.165) is 4.90 Å². The molecule has 0 aliphatic carbocycles. The number of ether oxygens (including phenoxy) is 1. The smallest absolute Gasteiger partial charge is 0.262 e. The third-order valence-corrected chi connectivity index (χ3v) is 3.99. The van der Waals surface area contributed by atoms with Crippen molar-refractivity contribution in [1.82, 2.24) is 4.90 Å². The van der Waals surface area contributed by atoms with E-state index in [0.29, 0.717) is 17.0 Å². The molecule has 2 aromatic carbocycles. The van der Waals surface area contributed by atoms with E-state index >= 15 is 0 Å². The van der Waals surface area contributed by atoms with Gasteiger partial charge in [0.2, 0.25) is 0 Å². The summed E-state index contributed by atoms with van der Waals surface area (Å²) in [6.07, 6.45) is 2.00. The van der Waals surface area contributed by atoms with Crippen molar-refractivity contribution in [3.05, 3.63) is 54.1 Å². The van der Waals surface area contributed by atoms with Gasteiger partial charge in [-0.3, -0.25) is 9.59 Å². The molecule has 5 nitrogen and oxygen atoms in total. The second-order valence-corrected chi connectivity index (χ2v) is 6.17. The molecule has 0 fully saturated rings. The van der Waals surface area contributed by atoms with E-state index in [-0.39, 0.29) is 18.4 Å². The van der Waals surface area contributed by atoms with E-state index in [1.54, 1.807) is 50.1 Å². The Morgan fingerprint density at radius 3 is 2.21 bits per heavy atom. The molecular weight excluding hydrogens is 324 g/mol. The molecule has 24 heavy (non-hydrogen) atoms. The second kappa shape index (κ2) is 8.40. The minimum Gasteiger partial charge on any atom is -0.484 e. The zero-order valence-corrected chi connectivity index (χ0v) is 14.7. The highest BCUT2D eigenvalue weighted by atomic mass is 32.2. The Morgan fingerprint density at radius 2 is 1.67 bits per heavy atom. The summed E-state index contributed by atoms with van der Waals surface area (Å²) in [5.41, 5.74) is 1.19. The van der Waals surface area contributed by atoms with E-state index in [2.05, 4.69) is 5.32 Å². The summed E-state index contributed by atoms with van der Waals surface area (Å²) in [6, 6.07) is 14.3. The number of benzene rings is 2. The Balaban J connectivity index is 1.86. The summed E-state index contributed by atoms with van der Waals surface area (Å²) in [4.78, 5) is 26.4. The third-order valence-electron chi connectivity index (χ3n) is 3.25. The Kier molecular flexibility index (Phi) is 6.26. The van der Waals surface area contributed by atoms with Gasteiger partial charge in [-0.2, -0.15) is 0 Å². The maximum Gasteiger partial charge on any atom is 0.262 e. The van der Waals surface area contributed by atoms with Crippen LogP contribution in [0.4, 0.5) is 5.69 Å². The van der Waals surface area contributed by atoms with Crippen molar-refractivity contribution in [2.24, 2.45) is 0 Å². The van der Waals surface area contributed by atoms with E-state index < -0.39 is 0 Å². The summed E-state index contributed by atoms with van der Waals surface area (Å²) in [7, 11) is 3.39. The highest BCUT2D eigenvalue weighted by Gasteiger charge is 2.08. The van der Waals surface area contributed by atoms with Gasteiger partial charge >= 0.3 is 0 Å². The van der Waals surface area contributed by atoms with Gasteiger partial charge in [-0.1, -0.05) is 0 Å². The van der Waals surface area contributed by atoms with Gasteiger partial charge in [0.05, 0.1) is 0 Å². The van der Waals surface area contributed by atoms with Crippen molar-refractivity contribution in [3.63, 3.8) is 0 Å². The zero-order valence-electron chi connectivity index (χ0n) is 13.9. The molecule has 0 aromatic heterocycles. The molecule has 126 valence electrons. The summed E-state index contributed by atoms with van der Waals surface area (Å²) in [6.45, 7) is -0.0724. The molecule has 0 saturated carbocycles. The number of hydrogen-bond acceptors (Lipinski definition) is 4. The lowest BCUT2D eigenvalue weighted by Gasteiger charge is -2.11. The number of carbonyl (C=O) groups is 2. The van der Waals surface area contributed by atoms with Gasteiger partial charge in [0.15, 0.2) is 6.61 Å². The van der Waals surface area contributed by atoms with Gasteiger partial charge in [-0.05, 0) is 54.8 Å². The number of carbonyl (C=O) groups excluding carboxylic acids is 2. The minimum absolute atomic E-state index is 0.0724. The first-order chi connectivity index (χ1) is 11.5. The fourth-order valence-corrected chi connectivity index (χ4v) is 2.38. The largest absolute Gasteiger partial charge is 0.484 e. The normalized spacial score (nSPS) is 10.1. The van der Waals surface area contributed by atoms with Crippen molar-refractivity contribution in [2.75, 3.05) is 32.3 Å². The first kappa shape index (κ1) is 17.9. The summed E-state index contributed by atoms with van der Waals surface area (Å²) in [5.74, 6) is 0.315. The average molecular weight is 344 g/mol. The number of amides is 2. The van der Waals surface area contributed by atoms with E-state index in [9.17, 15) is 9.59 Å². The summed E-state index contributed by atoms with van der Waals surface area (Å²) >= 11 is 1.65. The molecule has 0 saturated heterocycles. The van der Waals surface area contributed by atoms with Crippen molar-refractivity contribution >= 4 is 29.3 Å². The van der Waals surface area contributed by atoms with Gasteiger partial charge < -0.3 is 15.0 Å². The summed E-state index contributed by atoms with van der Waals surface area (Å²) < 4.78 is 5.45. The van der Waals surface area contributed by atoms with Crippen LogP contribution in [0.3, 0.4) is 0 Å². The Morgan fingerprint density at radius 1 is 1.04 bits per heavy atom. The molecule has 6 heteroatoms. The number of hydrogen-bond donors (Lipinski definition) is 1. The van der Waals surface area contributed by atoms with Gasteiger partial charge in [0.25, 0.3) is 11.8 Å². The molecule has 0 atom stereocenters. The van der Waals surface area contributed by atoms with Crippen LogP contribution in [0.15, 0.2) is 53.4 Å². The van der Waals surface area contributed by atoms with Crippen molar-refractivity contribution in [1.29, 1.82) is 0 Å². The van der Waals surface area contributed by atoms with Crippen LogP contribution in [0.1, 0.15) is 10.4 Å². The molecular formula is C18H20N2O3S. The van der Waals surface area contributed by atoms with Crippen LogP contribution in [0.5, 0.6) is 5.75 Å². The van der Waals surface area contributed by atoms with Gasteiger partial charge in [0, 0.05) is 30.2 Å². The molecule has 0 unspecified atom stereocenters. The minimum atomic E-state index is -0.254. The second-order valence-electron chi connectivity index (χ2n) is 5.29. The molecule has 1 N–H and O–H groups in total. The maximum absolute atomic E-state index is 11.9. The predicted molar refractivity (Wildman–Crippen MR) is 96.8 cm³/mol. The molecule has 0 heterocycles. The van der Waals surface area contributed by atoms with Crippen LogP contribution in [0.2, 0.25) is 0 Å². The first-order valence-electron chi connectivity index (χ1n) is 7.38. The van der Waals surface area contributed by atoms with Crippen molar-refractivity contribution in [3.8, 4) is 5.75 Å². The first-order valence-corrected chi connectivity index (χ1v) is 8.60. The van der Waals surface area contributed by atoms with Crippen molar-refractivity contribution in [2.45, 2.75) is 4.90 Å². The lowest BCUT2D eigenvalue weighted by atomic mass is 10.2. The number of thioether (sulfide) groups is 1. The molecule has 2 amide bonds. The van der Waals surface area contributed by atoms with Crippen LogP contribution < -0.4 is 10.1 Å². The number of nitrogens with zero attached hydrogens (tertiary/aromatic N) is 1. The average Bonchev–Trinajstić information content (AvgIpc) is 2.60. The number of anilines is 1. The van der Waals surface area contributed by atoms with Crippen LogP contribution in [-0.4, -0.2) is 43.7 Å². The highest BCUT2D eigenvalue weighted by Crippen LogP contribution is 2.19. The number of rotatable bonds is 6. The molecule has 2 aromatic rings. The molecule has 2 rings (SSSR count). The molecule has 0 aliphatic heterocycles. The lowest BCUT2D eigenvalue weighted by Crippen LogP contribution is -2.22. The fraction of sp³-hybridized carbons (Fsp3) is 0.222. The van der Waals surface area contributed by atoms with Crippen LogP contribution in [0.25, 0.3) is 0 Å². The van der Waals surface area contributed by atoms with Crippen molar-refractivity contribution < 1.29 is 14.3 Å². The predicted octanol–water partition coefficient (Wildman–Crippen LogP) is 3.13. The molecule has 0 aliphatic rings. The van der Waals surface area contributed by atoms with E-state index in [1.165, 1.54) is 4.90 Å². The SMILES string of the molecule is CSc1ccc(OCC(=O)Nc2ccc(C(=O)N(C)C)cc2)cc1. The standard InChI is InChI=1S/C18H20N2O3S/c1-20(2)18(22)13-4-6-14(7-5-13)19-17(21)12-23-15-8-10-16(24-3)11-9-15/h4-11H,12H2,1-3H3,(H,19,21). The molecule has 0 radical (unpaired) electrons. The monoisotopic (exact) mass is 344 g/mol. The quantitative estimate of drug-likeness (QED) is 0.818.